The second-order valence-corrected chi connectivity index (χ2v) is 27.8. The number of aliphatic hydroxyl groups excluding tert-OH is 11. The van der Waals surface area contributed by atoms with Gasteiger partial charge in [-0.3, -0.25) is 4.79 Å². The van der Waals surface area contributed by atoms with E-state index in [1.165, 1.54) is 238 Å². The van der Waals surface area contributed by atoms with E-state index in [9.17, 15) is 61.0 Å². The standard InChI is InChI=1S/C76H141NO18/c1-3-5-7-9-11-13-15-17-19-21-23-25-27-28-29-30-32-33-35-37-39-41-43-45-47-49-51-53-60(81)59(77-64(82)54-52-50-48-46-44-42-40-38-36-34-31-26-24-22-20-18-16-14-12-10-8-6-4-2)58-90-74-70(88)67(85)72(62(56-79)92-74)95-76-71(89)68(86)73(63(57-80)93-76)94-75-69(87)66(84)65(83)61(55-78)91-75/h22,24,43,45,51,53,59-63,65-76,78-81,83-89H,3-21,23,25-42,44,46-50,52,54-58H2,1-2H3,(H,77,82)/b24-22-,45-43+,53-51+. The molecule has 0 spiro atoms. The van der Waals surface area contributed by atoms with E-state index in [0.29, 0.717) is 12.8 Å². The van der Waals surface area contributed by atoms with E-state index in [-0.39, 0.29) is 18.9 Å². The van der Waals surface area contributed by atoms with Gasteiger partial charge in [-0.15, -0.1) is 0 Å². The molecule has 0 aromatic heterocycles. The lowest BCUT2D eigenvalue weighted by Crippen LogP contribution is -2.66. The first-order valence-electron chi connectivity index (χ1n) is 38.7. The SMILES string of the molecule is CCCCCCCCCC/C=C\CCCCCCCCCCCCCC(=O)NC(COC1OC(CO)C(OC2OC(CO)C(OC3OC(CO)C(O)C(O)C3O)C(O)C2O)C(O)C1O)C(O)/C=C/CC/C=C/CCCCCCCCCCCCCCCCCCCCCCC. The van der Waals surface area contributed by atoms with Crippen LogP contribution >= 0.6 is 0 Å². The van der Waals surface area contributed by atoms with Gasteiger partial charge in [0.1, 0.15) is 73.2 Å². The van der Waals surface area contributed by atoms with E-state index in [1.807, 2.05) is 6.08 Å². The van der Waals surface area contributed by atoms with Crippen molar-refractivity contribution >= 4 is 5.91 Å². The summed E-state index contributed by atoms with van der Waals surface area (Å²) in [5.41, 5.74) is 0. The Kier molecular flexibility index (Phi) is 52.9. The van der Waals surface area contributed by atoms with Crippen LogP contribution < -0.4 is 5.32 Å². The maximum Gasteiger partial charge on any atom is 0.220 e. The maximum atomic E-state index is 13.4. The van der Waals surface area contributed by atoms with E-state index >= 15 is 0 Å². The molecule has 19 heteroatoms. The molecule has 0 saturated carbocycles. The Balaban J connectivity index is 1.41. The molecule has 0 bridgehead atoms. The number of hydrogen-bond donors (Lipinski definition) is 12. The van der Waals surface area contributed by atoms with Crippen LogP contribution in [-0.2, 0) is 33.2 Å². The predicted octanol–water partition coefficient (Wildman–Crippen LogP) is 11.9. The summed E-state index contributed by atoms with van der Waals surface area (Å²) < 4.78 is 34.4. The zero-order chi connectivity index (χ0) is 68.9. The van der Waals surface area contributed by atoms with Gasteiger partial charge in [-0.25, -0.2) is 0 Å². The van der Waals surface area contributed by atoms with Crippen molar-refractivity contribution in [3.8, 4) is 0 Å². The van der Waals surface area contributed by atoms with Crippen molar-refractivity contribution in [3.63, 3.8) is 0 Å². The fraction of sp³-hybridized carbons (Fsp3) is 0.908. The summed E-state index contributed by atoms with van der Waals surface area (Å²) in [7, 11) is 0. The van der Waals surface area contributed by atoms with Crippen LogP contribution in [0.1, 0.15) is 309 Å². The summed E-state index contributed by atoms with van der Waals surface area (Å²) in [6, 6.07) is -0.991. The molecule has 17 atom stereocenters. The quantitative estimate of drug-likeness (QED) is 0.0199. The topological polar surface area (TPSA) is 307 Å². The van der Waals surface area contributed by atoms with Crippen molar-refractivity contribution in [2.45, 2.75) is 413 Å². The number of rotatable bonds is 61. The minimum Gasteiger partial charge on any atom is -0.394 e. The van der Waals surface area contributed by atoms with Crippen LogP contribution in [0.25, 0.3) is 0 Å². The van der Waals surface area contributed by atoms with E-state index < -0.39 is 124 Å². The van der Waals surface area contributed by atoms with Gasteiger partial charge in [-0.05, 0) is 57.8 Å². The van der Waals surface area contributed by atoms with Crippen LogP contribution in [0, 0.1) is 0 Å². The Morgan fingerprint density at radius 2 is 0.674 bits per heavy atom. The first kappa shape index (κ1) is 87.2. The predicted molar refractivity (Wildman–Crippen MR) is 374 cm³/mol. The number of allylic oxidation sites excluding steroid dienone is 5. The summed E-state index contributed by atoms with van der Waals surface area (Å²) in [5.74, 6) is -0.282. The normalized spacial score (nSPS) is 27.4. The lowest BCUT2D eigenvalue weighted by Gasteiger charge is -2.48. The Morgan fingerprint density at radius 3 is 1.05 bits per heavy atom. The Hall–Kier alpha value is -1.99. The zero-order valence-corrected chi connectivity index (χ0v) is 59.4. The molecular formula is C76H141NO18. The maximum absolute atomic E-state index is 13.4. The minimum atomic E-state index is -1.98. The third kappa shape index (κ3) is 38.6. The van der Waals surface area contributed by atoms with Gasteiger partial charge in [0, 0.05) is 6.42 Å². The highest BCUT2D eigenvalue weighted by atomic mass is 16.8. The van der Waals surface area contributed by atoms with E-state index in [4.69, 9.17) is 28.4 Å². The summed E-state index contributed by atoms with van der Waals surface area (Å²) in [5, 5.41) is 121. The van der Waals surface area contributed by atoms with Gasteiger partial charge in [0.05, 0.1) is 38.6 Å². The molecular weight excluding hydrogens is 1210 g/mol. The summed E-state index contributed by atoms with van der Waals surface area (Å²) in [6.07, 6.45) is 42.7. The van der Waals surface area contributed by atoms with Crippen LogP contribution in [0.3, 0.4) is 0 Å². The molecule has 0 aromatic rings. The number of hydrogen-bond acceptors (Lipinski definition) is 18. The van der Waals surface area contributed by atoms with Crippen molar-refractivity contribution in [2.24, 2.45) is 0 Å². The molecule has 17 unspecified atom stereocenters. The average molecular weight is 1360 g/mol. The second-order valence-electron chi connectivity index (χ2n) is 27.8. The number of carbonyl (C=O) groups is 1. The molecule has 3 fully saturated rings. The molecule has 0 aliphatic carbocycles. The third-order valence-electron chi connectivity index (χ3n) is 19.4. The van der Waals surface area contributed by atoms with Crippen molar-refractivity contribution in [1.82, 2.24) is 5.32 Å². The van der Waals surface area contributed by atoms with Gasteiger partial charge in [0.2, 0.25) is 5.91 Å². The Labute approximate surface area is 574 Å². The monoisotopic (exact) mass is 1360 g/mol. The Bertz CT molecular complexity index is 1860. The van der Waals surface area contributed by atoms with Crippen LogP contribution in [0.15, 0.2) is 36.5 Å². The lowest BCUT2D eigenvalue weighted by atomic mass is 9.96. The Morgan fingerprint density at radius 1 is 0.368 bits per heavy atom. The summed E-state index contributed by atoms with van der Waals surface area (Å²) in [4.78, 5) is 13.4. The average Bonchev–Trinajstić information content (AvgIpc) is 0.787. The number of aliphatic hydroxyl groups is 11. The minimum absolute atomic E-state index is 0.236. The fourth-order valence-electron chi connectivity index (χ4n) is 13.1. The summed E-state index contributed by atoms with van der Waals surface area (Å²) >= 11 is 0. The van der Waals surface area contributed by atoms with Gasteiger partial charge in [0.25, 0.3) is 0 Å². The van der Waals surface area contributed by atoms with Crippen molar-refractivity contribution in [1.29, 1.82) is 0 Å². The van der Waals surface area contributed by atoms with Gasteiger partial charge in [0.15, 0.2) is 18.9 Å². The summed E-state index contributed by atoms with van der Waals surface area (Å²) in [6.45, 7) is 1.76. The third-order valence-corrected chi connectivity index (χ3v) is 19.4. The number of carbonyl (C=O) groups excluding carboxylic acids is 1. The number of ether oxygens (including phenoxy) is 6. The molecule has 19 nitrogen and oxygen atoms in total. The lowest BCUT2D eigenvalue weighted by molar-refractivity contribution is -0.379. The molecule has 558 valence electrons. The smallest absolute Gasteiger partial charge is 0.220 e. The van der Waals surface area contributed by atoms with E-state index in [2.05, 4.69) is 43.5 Å². The first-order valence-corrected chi connectivity index (χ1v) is 38.7. The van der Waals surface area contributed by atoms with Gasteiger partial charge in [-0.1, -0.05) is 281 Å². The highest BCUT2D eigenvalue weighted by molar-refractivity contribution is 5.76. The molecule has 3 aliphatic heterocycles. The molecule has 3 rings (SSSR count). The number of unbranched alkanes of at least 4 members (excludes halogenated alkanes) is 41. The molecule has 95 heavy (non-hydrogen) atoms. The van der Waals surface area contributed by atoms with Crippen molar-refractivity contribution < 1.29 is 89.4 Å². The largest absolute Gasteiger partial charge is 0.394 e. The van der Waals surface area contributed by atoms with E-state index in [1.54, 1.807) is 6.08 Å². The highest BCUT2D eigenvalue weighted by Crippen LogP contribution is 2.33. The van der Waals surface area contributed by atoms with Crippen LogP contribution in [-0.4, -0.2) is 193 Å². The highest BCUT2D eigenvalue weighted by Gasteiger charge is 2.53. The molecule has 3 saturated heterocycles. The zero-order valence-electron chi connectivity index (χ0n) is 59.4. The molecule has 0 radical (unpaired) electrons. The van der Waals surface area contributed by atoms with Crippen molar-refractivity contribution in [2.75, 3.05) is 26.4 Å². The molecule has 0 aromatic carbocycles. The van der Waals surface area contributed by atoms with Crippen LogP contribution in [0.5, 0.6) is 0 Å². The molecule has 3 aliphatic rings. The molecule has 3 heterocycles. The number of nitrogens with one attached hydrogen (secondary N) is 1. The van der Waals surface area contributed by atoms with Gasteiger partial charge >= 0.3 is 0 Å². The first-order chi connectivity index (χ1) is 46.3. The molecule has 12 N–H and O–H groups in total. The number of amides is 1. The second kappa shape index (κ2) is 57.6. The van der Waals surface area contributed by atoms with Crippen LogP contribution in [0.4, 0.5) is 0 Å². The van der Waals surface area contributed by atoms with Gasteiger partial charge < -0.3 is 89.9 Å². The fourth-order valence-corrected chi connectivity index (χ4v) is 13.1. The van der Waals surface area contributed by atoms with Crippen molar-refractivity contribution in [3.05, 3.63) is 36.5 Å². The van der Waals surface area contributed by atoms with Gasteiger partial charge in [-0.2, -0.15) is 0 Å². The molecule has 1 amide bonds. The van der Waals surface area contributed by atoms with E-state index in [0.717, 1.165) is 38.5 Å². The van der Waals surface area contributed by atoms with Crippen LogP contribution in [0.2, 0.25) is 0 Å².